The number of hydrogen-bond donors (Lipinski definition) is 4. The number of pyridine rings is 3. The van der Waals surface area contributed by atoms with Gasteiger partial charge in [0.1, 0.15) is 35.7 Å². The average molecular weight is 621 g/mol. The standard InChI is InChI=1S/C35H37FN8O2/c1-44(2)10-11-46-26-14-22(12-24(36)15-26)27-8-9-38-34-28(27)16-31(41-34)33-29-17-30(39-20-32(29)42-43-33)23-13-25(19-37-18-23)40-35(45)21-6-4-3-5-7-21/h8-9,12-21,35,40,45H,3-7,10-11H2,1-2H3,(H,38,41)(H,42,43). The highest BCUT2D eigenvalue weighted by Crippen LogP contribution is 2.36. The van der Waals surface area contributed by atoms with Gasteiger partial charge in [-0.1, -0.05) is 19.3 Å². The fourth-order valence-electron chi connectivity index (χ4n) is 6.23. The molecule has 236 valence electrons. The smallest absolute Gasteiger partial charge is 0.138 e. The number of aliphatic hydroxyl groups excluding tert-OH is 1. The first kappa shape index (κ1) is 29.8. The van der Waals surface area contributed by atoms with Gasteiger partial charge in [0, 0.05) is 47.3 Å². The van der Waals surface area contributed by atoms with Crippen LogP contribution in [0.1, 0.15) is 32.1 Å². The lowest BCUT2D eigenvalue weighted by Gasteiger charge is -2.27. The molecule has 6 aromatic rings. The van der Waals surface area contributed by atoms with Crippen molar-refractivity contribution in [2.24, 2.45) is 5.92 Å². The Labute approximate surface area is 266 Å². The second-order valence-electron chi connectivity index (χ2n) is 12.3. The predicted molar refractivity (Wildman–Crippen MR) is 178 cm³/mol. The molecule has 0 saturated heterocycles. The van der Waals surface area contributed by atoms with Crippen LogP contribution in [0.4, 0.5) is 10.1 Å². The van der Waals surface area contributed by atoms with E-state index in [1.54, 1.807) is 24.8 Å². The first-order valence-electron chi connectivity index (χ1n) is 15.7. The van der Waals surface area contributed by atoms with Gasteiger partial charge in [-0.05, 0) is 74.5 Å². The number of nitrogens with one attached hydrogen (secondary N) is 3. The minimum atomic E-state index is -0.608. The summed E-state index contributed by atoms with van der Waals surface area (Å²) in [5.74, 6) is 0.359. The zero-order chi connectivity index (χ0) is 31.6. The Morgan fingerprint density at radius 3 is 2.72 bits per heavy atom. The van der Waals surface area contributed by atoms with E-state index in [1.165, 1.54) is 18.6 Å². The maximum Gasteiger partial charge on any atom is 0.138 e. The third-order valence-electron chi connectivity index (χ3n) is 8.67. The third kappa shape index (κ3) is 6.29. The molecule has 5 aromatic heterocycles. The summed E-state index contributed by atoms with van der Waals surface area (Å²) in [5, 5.41) is 23.5. The molecule has 4 N–H and O–H groups in total. The lowest BCUT2D eigenvalue weighted by molar-refractivity contribution is 0.109. The van der Waals surface area contributed by atoms with Crippen LogP contribution >= 0.6 is 0 Å². The van der Waals surface area contributed by atoms with Crippen molar-refractivity contribution in [3.63, 3.8) is 0 Å². The van der Waals surface area contributed by atoms with Crippen LogP contribution in [0, 0.1) is 11.7 Å². The first-order chi connectivity index (χ1) is 22.4. The number of H-pyrrole nitrogens is 2. The summed E-state index contributed by atoms with van der Waals surface area (Å²) in [6.45, 7) is 1.18. The number of aromatic nitrogens is 6. The Kier molecular flexibility index (Phi) is 8.33. The van der Waals surface area contributed by atoms with E-state index in [1.807, 2.05) is 49.3 Å². The molecule has 0 bridgehead atoms. The molecule has 1 aromatic carbocycles. The number of nitrogens with zero attached hydrogens (tertiary/aromatic N) is 5. The van der Waals surface area contributed by atoms with Gasteiger partial charge in [0.05, 0.1) is 35.0 Å². The van der Waals surface area contributed by atoms with E-state index >= 15 is 0 Å². The maximum absolute atomic E-state index is 14.7. The van der Waals surface area contributed by atoms with Gasteiger partial charge in [-0.15, -0.1) is 0 Å². The fourth-order valence-corrected chi connectivity index (χ4v) is 6.23. The molecule has 0 amide bonds. The van der Waals surface area contributed by atoms with Crippen LogP contribution in [0.2, 0.25) is 0 Å². The van der Waals surface area contributed by atoms with Gasteiger partial charge >= 0.3 is 0 Å². The van der Waals surface area contributed by atoms with Crippen molar-refractivity contribution >= 4 is 27.6 Å². The molecule has 1 aliphatic rings. The predicted octanol–water partition coefficient (Wildman–Crippen LogP) is 6.62. The minimum Gasteiger partial charge on any atom is -0.492 e. The number of halogens is 1. The van der Waals surface area contributed by atoms with Crippen LogP contribution < -0.4 is 10.1 Å². The Balaban J connectivity index is 1.19. The van der Waals surface area contributed by atoms with Gasteiger partial charge in [0.15, 0.2) is 0 Å². The van der Waals surface area contributed by atoms with Crippen LogP contribution in [0.5, 0.6) is 5.75 Å². The second kappa shape index (κ2) is 12.9. The average Bonchev–Trinajstić information content (AvgIpc) is 3.69. The number of benzene rings is 1. The monoisotopic (exact) mass is 620 g/mol. The summed E-state index contributed by atoms with van der Waals surface area (Å²) in [4.78, 5) is 19.1. The Hall–Kier alpha value is -4.87. The highest BCUT2D eigenvalue weighted by atomic mass is 19.1. The molecule has 0 spiro atoms. The minimum absolute atomic E-state index is 0.246. The van der Waals surface area contributed by atoms with Gasteiger partial charge in [0.25, 0.3) is 0 Å². The largest absolute Gasteiger partial charge is 0.492 e. The van der Waals surface area contributed by atoms with E-state index < -0.39 is 6.23 Å². The van der Waals surface area contributed by atoms with Crippen molar-refractivity contribution in [2.75, 3.05) is 32.6 Å². The highest BCUT2D eigenvalue weighted by Gasteiger charge is 2.22. The highest BCUT2D eigenvalue weighted by molar-refractivity contribution is 6.00. The van der Waals surface area contributed by atoms with Gasteiger partial charge < -0.3 is 25.0 Å². The van der Waals surface area contributed by atoms with Crippen LogP contribution in [0.25, 0.3) is 55.7 Å². The molecule has 46 heavy (non-hydrogen) atoms. The van der Waals surface area contributed by atoms with E-state index in [0.717, 1.165) is 76.7 Å². The number of rotatable bonds is 10. The van der Waals surface area contributed by atoms with Gasteiger partial charge in [-0.3, -0.25) is 15.1 Å². The van der Waals surface area contributed by atoms with E-state index in [0.29, 0.717) is 29.3 Å². The molecule has 5 heterocycles. The fraction of sp³-hybridized carbons (Fsp3) is 0.314. The maximum atomic E-state index is 14.7. The molecule has 1 fully saturated rings. The Morgan fingerprint density at radius 1 is 1.00 bits per heavy atom. The number of ether oxygens (including phenoxy) is 1. The number of likely N-dealkylation sites (N-methyl/N-ethyl adjacent to an activating group) is 1. The van der Waals surface area contributed by atoms with Crippen LogP contribution in [0.3, 0.4) is 0 Å². The number of hydrogen-bond acceptors (Lipinski definition) is 8. The lowest BCUT2D eigenvalue weighted by atomic mass is 9.88. The summed E-state index contributed by atoms with van der Waals surface area (Å²) < 4.78 is 20.5. The SMILES string of the molecule is CN(C)CCOc1cc(F)cc(-c2ccnc3[nH]c(-c4n[nH]c5cnc(-c6cncc(NC(O)C7CCCCC7)c6)cc45)cc23)c1. The molecule has 1 atom stereocenters. The quantitative estimate of drug-likeness (QED) is 0.126. The summed E-state index contributed by atoms with van der Waals surface area (Å²) in [6.07, 6.45) is 12.0. The molecule has 11 heteroatoms. The van der Waals surface area contributed by atoms with Crippen molar-refractivity contribution in [2.45, 2.75) is 38.3 Å². The molecule has 0 aliphatic heterocycles. The molecule has 1 unspecified atom stereocenters. The van der Waals surface area contributed by atoms with Crippen LogP contribution in [-0.2, 0) is 0 Å². The van der Waals surface area contributed by atoms with Gasteiger partial charge in [-0.2, -0.15) is 5.10 Å². The van der Waals surface area contributed by atoms with E-state index in [9.17, 15) is 9.50 Å². The number of fused-ring (bicyclic) bond motifs is 2. The summed E-state index contributed by atoms with van der Waals surface area (Å²) in [5.41, 5.74) is 6.76. The topological polar surface area (TPSA) is 128 Å². The summed E-state index contributed by atoms with van der Waals surface area (Å²) in [7, 11) is 3.93. The van der Waals surface area contributed by atoms with Crippen molar-refractivity contribution in [3.05, 3.63) is 73.1 Å². The summed E-state index contributed by atoms with van der Waals surface area (Å²) in [6, 6.07) is 12.6. The van der Waals surface area contributed by atoms with Crippen molar-refractivity contribution in [1.82, 2.24) is 35.0 Å². The normalized spacial score (nSPS) is 14.7. The second-order valence-corrected chi connectivity index (χ2v) is 12.3. The van der Waals surface area contributed by atoms with Crippen molar-refractivity contribution in [3.8, 4) is 39.5 Å². The molecule has 7 rings (SSSR count). The first-order valence-corrected chi connectivity index (χ1v) is 15.7. The van der Waals surface area contributed by atoms with Gasteiger partial charge in [-0.25, -0.2) is 9.37 Å². The summed E-state index contributed by atoms with van der Waals surface area (Å²) >= 11 is 0. The molecule has 10 nitrogen and oxygen atoms in total. The third-order valence-corrected chi connectivity index (χ3v) is 8.67. The molecular formula is C35H37FN8O2. The lowest BCUT2D eigenvalue weighted by Crippen LogP contribution is -2.30. The zero-order valence-electron chi connectivity index (χ0n) is 25.9. The van der Waals surface area contributed by atoms with Crippen molar-refractivity contribution in [1.29, 1.82) is 0 Å². The van der Waals surface area contributed by atoms with E-state index in [4.69, 9.17) is 4.74 Å². The number of anilines is 1. The van der Waals surface area contributed by atoms with Gasteiger partial charge in [0.2, 0.25) is 0 Å². The van der Waals surface area contributed by atoms with Crippen LogP contribution in [0.15, 0.2) is 67.3 Å². The van der Waals surface area contributed by atoms with E-state index in [2.05, 4.69) is 35.5 Å². The molecule has 0 radical (unpaired) electrons. The number of aromatic amines is 2. The molecule has 1 aliphatic carbocycles. The molecular weight excluding hydrogens is 583 g/mol. The van der Waals surface area contributed by atoms with E-state index in [-0.39, 0.29) is 11.7 Å². The zero-order valence-corrected chi connectivity index (χ0v) is 25.9. The number of aliphatic hydroxyl groups is 1. The Bertz CT molecular complexity index is 1980. The van der Waals surface area contributed by atoms with Crippen LogP contribution in [-0.4, -0.2) is 73.6 Å². The molecule has 1 saturated carbocycles. The van der Waals surface area contributed by atoms with Crippen molar-refractivity contribution < 1.29 is 14.2 Å². The Morgan fingerprint density at radius 2 is 1.87 bits per heavy atom.